The van der Waals surface area contributed by atoms with Crippen LogP contribution in [0.5, 0.6) is 0 Å². The summed E-state index contributed by atoms with van der Waals surface area (Å²) in [7, 11) is -8.04. The van der Waals surface area contributed by atoms with Crippen LogP contribution in [0.25, 0.3) is 11.3 Å². The average Bonchev–Trinajstić information content (AvgIpc) is 3.58. The molecule has 6 rings (SSSR count). The Kier molecular flexibility index (Phi) is 11.1. The zero-order chi connectivity index (χ0) is 32.8. The van der Waals surface area contributed by atoms with E-state index < -0.39 is 20.2 Å². The van der Waals surface area contributed by atoms with E-state index in [4.69, 9.17) is 9.11 Å². The van der Waals surface area contributed by atoms with Crippen LogP contribution in [0, 0.1) is 25.7 Å². The van der Waals surface area contributed by atoms with Crippen molar-refractivity contribution in [2.24, 2.45) is 11.8 Å². The summed E-state index contributed by atoms with van der Waals surface area (Å²) in [6.45, 7) is 13.0. The van der Waals surface area contributed by atoms with Gasteiger partial charge in [-0.3, -0.25) is 9.11 Å². The Bertz CT molecular complexity index is 1660. The van der Waals surface area contributed by atoms with E-state index >= 15 is 0 Å². The molecule has 3 aromatic carbocycles. The second kappa shape index (κ2) is 14.6. The molecular formula is C33H40N4O6S2. The van der Waals surface area contributed by atoms with Gasteiger partial charge in [-0.1, -0.05) is 65.7 Å². The predicted molar refractivity (Wildman–Crippen MR) is 175 cm³/mol. The molecule has 3 heterocycles. The minimum absolute atomic E-state index is 0.0666. The maximum absolute atomic E-state index is 10.5. The Morgan fingerprint density at radius 2 is 1.11 bits per heavy atom. The molecule has 4 aromatic rings. The monoisotopic (exact) mass is 652 g/mol. The van der Waals surface area contributed by atoms with Crippen molar-refractivity contribution in [1.82, 2.24) is 15.1 Å². The summed E-state index contributed by atoms with van der Waals surface area (Å²) < 4.78 is 59.1. The number of anilines is 1. The molecule has 2 unspecified atom stereocenters. The molecule has 0 bridgehead atoms. The van der Waals surface area contributed by atoms with Gasteiger partial charge >= 0.3 is 0 Å². The number of aryl methyl sites for hydroxylation is 2. The lowest BCUT2D eigenvalue weighted by molar-refractivity contribution is 0.258. The van der Waals surface area contributed by atoms with Crippen LogP contribution in [0.3, 0.4) is 0 Å². The molecule has 45 heavy (non-hydrogen) atoms. The number of rotatable bonds is 5. The molecule has 2 saturated heterocycles. The predicted octanol–water partition coefficient (Wildman–Crippen LogP) is 5.40. The third-order valence-corrected chi connectivity index (χ3v) is 9.66. The highest BCUT2D eigenvalue weighted by atomic mass is 32.2. The Hall–Kier alpha value is -3.68. The molecule has 10 nitrogen and oxygen atoms in total. The molecule has 240 valence electrons. The summed E-state index contributed by atoms with van der Waals surface area (Å²) in [6, 6.07) is 27.1. The van der Waals surface area contributed by atoms with Crippen molar-refractivity contribution in [3.05, 3.63) is 102 Å². The summed E-state index contributed by atoms with van der Waals surface area (Å²) in [6.07, 6.45) is 0. The largest absolute Gasteiger partial charge is 0.354 e. The van der Waals surface area contributed by atoms with Gasteiger partial charge < -0.3 is 9.80 Å². The van der Waals surface area contributed by atoms with Crippen molar-refractivity contribution in [3.63, 3.8) is 0 Å². The highest BCUT2D eigenvalue weighted by molar-refractivity contribution is 7.86. The molecule has 2 aliphatic heterocycles. The maximum Gasteiger partial charge on any atom is 0.294 e. The number of fused-ring (bicyclic) bond motifs is 1. The molecule has 0 amide bonds. The number of hydrogen-bond acceptors (Lipinski definition) is 8. The molecule has 0 spiro atoms. The molecule has 2 atom stereocenters. The summed E-state index contributed by atoms with van der Waals surface area (Å²) in [5.74, 6) is 2.59. The van der Waals surface area contributed by atoms with Crippen LogP contribution in [0.1, 0.15) is 25.0 Å². The van der Waals surface area contributed by atoms with Crippen LogP contribution in [-0.2, 0) is 20.2 Å². The van der Waals surface area contributed by atoms with E-state index in [1.165, 1.54) is 37.4 Å². The Morgan fingerprint density at radius 1 is 0.644 bits per heavy atom. The molecule has 2 N–H and O–H groups in total. The summed E-state index contributed by atoms with van der Waals surface area (Å²) in [5.41, 5.74) is 3.98. The van der Waals surface area contributed by atoms with Gasteiger partial charge in [0.05, 0.1) is 15.5 Å². The third kappa shape index (κ3) is 9.65. The number of aromatic nitrogens is 2. The van der Waals surface area contributed by atoms with E-state index in [9.17, 15) is 16.8 Å². The van der Waals surface area contributed by atoms with E-state index in [1.54, 1.807) is 24.3 Å². The Balaban J connectivity index is 0.000000176. The standard InChI is InChI=1S/C19H24N4.2C7H8O3S/c1-14(2)22-10-16-12-23(13-17(16)11-22)19-9-8-18(20-21-19)15-6-4-3-5-7-15;2*1-6-2-4-7(5-3-6)11(8,9)10/h3-9,14,16-17H,10-13H2,1-2H3;2*2-5H,1H3,(H,8,9,10). The first-order chi connectivity index (χ1) is 21.2. The fraction of sp³-hybridized carbons (Fsp3) is 0.333. The van der Waals surface area contributed by atoms with Crippen molar-refractivity contribution in [1.29, 1.82) is 0 Å². The highest BCUT2D eigenvalue weighted by Crippen LogP contribution is 2.34. The van der Waals surface area contributed by atoms with Gasteiger partial charge in [0.2, 0.25) is 0 Å². The van der Waals surface area contributed by atoms with E-state index in [-0.39, 0.29) is 9.79 Å². The van der Waals surface area contributed by atoms with E-state index in [0.717, 1.165) is 53.1 Å². The second-order valence-corrected chi connectivity index (χ2v) is 14.5. The first-order valence-corrected chi connectivity index (χ1v) is 17.5. The van der Waals surface area contributed by atoms with E-state index in [2.05, 4.69) is 58.1 Å². The lowest BCUT2D eigenvalue weighted by atomic mass is 10.0. The quantitative estimate of drug-likeness (QED) is 0.269. The lowest BCUT2D eigenvalue weighted by Gasteiger charge is -2.24. The zero-order valence-electron chi connectivity index (χ0n) is 25.9. The van der Waals surface area contributed by atoms with Gasteiger partial charge in [0.25, 0.3) is 20.2 Å². The average molecular weight is 653 g/mol. The van der Waals surface area contributed by atoms with Gasteiger partial charge in [-0.2, -0.15) is 16.8 Å². The first-order valence-electron chi connectivity index (χ1n) is 14.7. The van der Waals surface area contributed by atoms with Crippen LogP contribution in [-0.4, -0.2) is 73.3 Å². The van der Waals surface area contributed by atoms with Crippen molar-refractivity contribution >= 4 is 26.1 Å². The molecule has 0 aliphatic carbocycles. The molecule has 0 saturated carbocycles. The molecule has 2 fully saturated rings. The van der Waals surface area contributed by atoms with Crippen molar-refractivity contribution in [3.8, 4) is 11.3 Å². The van der Waals surface area contributed by atoms with Gasteiger partial charge in [-0.25, -0.2) is 0 Å². The van der Waals surface area contributed by atoms with Crippen LogP contribution in [0.15, 0.2) is 101 Å². The number of hydrogen-bond donors (Lipinski definition) is 2. The second-order valence-electron chi connectivity index (χ2n) is 11.7. The minimum Gasteiger partial charge on any atom is -0.354 e. The van der Waals surface area contributed by atoms with E-state index in [1.807, 2.05) is 32.0 Å². The van der Waals surface area contributed by atoms with Gasteiger partial charge in [0.1, 0.15) is 0 Å². The summed E-state index contributed by atoms with van der Waals surface area (Å²) in [5, 5.41) is 8.91. The lowest BCUT2D eigenvalue weighted by Crippen LogP contribution is -2.33. The van der Waals surface area contributed by atoms with Crippen LogP contribution >= 0.6 is 0 Å². The van der Waals surface area contributed by atoms with Gasteiger partial charge in [-0.05, 0) is 75.9 Å². The van der Waals surface area contributed by atoms with Gasteiger partial charge in [-0.15, -0.1) is 10.2 Å². The highest BCUT2D eigenvalue weighted by Gasteiger charge is 2.41. The summed E-state index contributed by atoms with van der Waals surface area (Å²) >= 11 is 0. The summed E-state index contributed by atoms with van der Waals surface area (Å²) in [4.78, 5) is 4.89. The van der Waals surface area contributed by atoms with Crippen molar-refractivity contribution in [2.75, 3.05) is 31.1 Å². The van der Waals surface area contributed by atoms with E-state index in [0.29, 0.717) is 6.04 Å². The smallest absolute Gasteiger partial charge is 0.294 e. The Morgan fingerprint density at radius 3 is 1.49 bits per heavy atom. The zero-order valence-corrected chi connectivity index (χ0v) is 27.5. The first kappa shape index (κ1) is 34.2. The number of nitrogens with zero attached hydrogens (tertiary/aromatic N) is 4. The van der Waals surface area contributed by atoms with Crippen LogP contribution in [0.4, 0.5) is 5.82 Å². The molecule has 0 radical (unpaired) electrons. The number of likely N-dealkylation sites (tertiary alicyclic amines) is 1. The molecule has 1 aromatic heterocycles. The van der Waals surface area contributed by atoms with Crippen LogP contribution in [0.2, 0.25) is 0 Å². The SMILES string of the molecule is CC(C)N1CC2CN(c3ccc(-c4ccccc4)nn3)CC2C1.Cc1ccc(S(=O)(=O)O)cc1.Cc1ccc(S(=O)(=O)O)cc1. The minimum atomic E-state index is -4.02. The molecule has 12 heteroatoms. The van der Waals surface area contributed by atoms with Crippen molar-refractivity contribution < 1.29 is 25.9 Å². The third-order valence-electron chi connectivity index (χ3n) is 7.93. The fourth-order valence-electron chi connectivity index (χ4n) is 5.32. The fourth-order valence-corrected chi connectivity index (χ4v) is 6.28. The number of benzene rings is 3. The Labute approximate surface area is 266 Å². The van der Waals surface area contributed by atoms with Gasteiger partial charge in [0, 0.05) is 37.8 Å². The van der Waals surface area contributed by atoms with Crippen LogP contribution < -0.4 is 4.90 Å². The van der Waals surface area contributed by atoms with Crippen molar-refractivity contribution in [2.45, 2.75) is 43.5 Å². The topological polar surface area (TPSA) is 141 Å². The normalized spacial score (nSPS) is 18.1. The molecule has 2 aliphatic rings. The molecular weight excluding hydrogens is 613 g/mol. The van der Waals surface area contributed by atoms with Gasteiger partial charge in [0.15, 0.2) is 5.82 Å². The maximum atomic E-state index is 10.5.